The minimum atomic E-state index is -0.113. The van der Waals surface area contributed by atoms with Gasteiger partial charge in [-0.15, -0.1) is 0 Å². The van der Waals surface area contributed by atoms with E-state index >= 15 is 0 Å². The van der Waals surface area contributed by atoms with Crippen LogP contribution in [0.25, 0.3) is 0 Å². The molecule has 0 aliphatic carbocycles. The summed E-state index contributed by atoms with van der Waals surface area (Å²) >= 11 is 0. The first-order chi connectivity index (χ1) is 10.2. The van der Waals surface area contributed by atoms with Crippen molar-refractivity contribution < 1.29 is 4.79 Å². The van der Waals surface area contributed by atoms with E-state index in [0.29, 0.717) is 11.3 Å². The van der Waals surface area contributed by atoms with Crippen LogP contribution in [0.15, 0.2) is 36.9 Å². The van der Waals surface area contributed by atoms with Crippen LogP contribution in [0.4, 0.5) is 11.4 Å². The molecule has 1 heterocycles. The molecule has 0 fully saturated rings. The zero-order chi connectivity index (χ0) is 15.1. The number of benzene rings is 1. The van der Waals surface area contributed by atoms with Crippen LogP contribution in [0.3, 0.4) is 0 Å². The number of nitrogen functional groups attached to an aromatic ring is 1. The Labute approximate surface area is 124 Å². The summed E-state index contributed by atoms with van der Waals surface area (Å²) < 4.78 is 2.06. The Hall–Kier alpha value is -2.50. The number of unbranched alkanes of at least 4 members (excludes halogenated alkanes) is 1. The molecule has 21 heavy (non-hydrogen) atoms. The molecule has 0 aliphatic rings. The summed E-state index contributed by atoms with van der Waals surface area (Å²) in [4.78, 5) is 15.6. The van der Waals surface area contributed by atoms with Crippen molar-refractivity contribution in [2.24, 2.45) is 0 Å². The highest BCUT2D eigenvalue weighted by atomic mass is 16.1. The Bertz CT molecular complexity index is 580. The molecule has 4 N–H and O–H groups in total. The molecule has 0 saturated carbocycles. The van der Waals surface area contributed by atoms with Crippen LogP contribution in [-0.4, -0.2) is 29.1 Å². The molecule has 0 radical (unpaired) electrons. The number of hydrogen-bond acceptors (Lipinski definition) is 4. The maximum Gasteiger partial charge on any atom is 0.251 e. The van der Waals surface area contributed by atoms with E-state index in [1.807, 2.05) is 12.5 Å². The first-order valence-corrected chi connectivity index (χ1v) is 7.02. The third-order valence-corrected chi connectivity index (χ3v) is 3.26. The molecule has 0 unspecified atom stereocenters. The molecule has 1 aromatic carbocycles. The van der Waals surface area contributed by atoms with Crippen LogP contribution < -0.4 is 16.4 Å². The molecule has 0 spiro atoms. The van der Waals surface area contributed by atoms with E-state index in [1.165, 1.54) is 0 Å². The highest BCUT2D eigenvalue weighted by Gasteiger charge is 2.06. The molecule has 0 saturated heterocycles. The summed E-state index contributed by atoms with van der Waals surface area (Å²) in [5, 5.41) is 5.89. The highest BCUT2D eigenvalue weighted by molar-refractivity contribution is 5.96. The van der Waals surface area contributed by atoms with Gasteiger partial charge in [0, 0.05) is 38.1 Å². The van der Waals surface area contributed by atoms with Gasteiger partial charge in [-0.1, -0.05) is 0 Å². The van der Waals surface area contributed by atoms with Crippen molar-refractivity contribution in [1.29, 1.82) is 0 Å². The van der Waals surface area contributed by atoms with Crippen molar-refractivity contribution in [3.63, 3.8) is 0 Å². The number of aromatic nitrogens is 2. The average molecular weight is 287 g/mol. The Kier molecular flexibility index (Phi) is 5.20. The lowest BCUT2D eigenvalue weighted by Crippen LogP contribution is -2.18. The molecule has 0 aliphatic heterocycles. The van der Waals surface area contributed by atoms with Crippen LogP contribution in [0.1, 0.15) is 23.2 Å². The molecule has 0 atom stereocenters. The van der Waals surface area contributed by atoms with E-state index in [-0.39, 0.29) is 5.91 Å². The van der Waals surface area contributed by atoms with Crippen LogP contribution in [0.2, 0.25) is 0 Å². The predicted molar refractivity (Wildman–Crippen MR) is 84.2 cm³/mol. The third-order valence-electron chi connectivity index (χ3n) is 3.26. The van der Waals surface area contributed by atoms with Crippen LogP contribution >= 0.6 is 0 Å². The van der Waals surface area contributed by atoms with Gasteiger partial charge in [0.2, 0.25) is 0 Å². The van der Waals surface area contributed by atoms with Crippen LogP contribution in [-0.2, 0) is 6.54 Å². The topological polar surface area (TPSA) is 85.0 Å². The highest BCUT2D eigenvalue weighted by Crippen LogP contribution is 2.20. The number of anilines is 2. The number of aryl methyl sites for hydroxylation is 1. The lowest BCUT2D eigenvalue weighted by atomic mass is 10.1. The normalized spacial score (nSPS) is 10.3. The summed E-state index contributed by atoms with van der Waals surface area (Å²) in [6, 6.07) is 5.25. The largest absolute Gasteiger partial charge is 0.397 e. The van der Waals surface area contributed by atoms with Crippen molar-refractivity contribution in [3.8, 4) is 0 Å². The molecule has 6 heteroatoms. The van der Waals surface area contributed by atoms with Gasteiger partial charge in [0.25, 0.3) is 5.91 Å². The van der Waals surface area contributed by atoms with E-state index in [4.69, 9.17) is 5.73 Å². The number of nitrogens with zero attached hydrogens (tertiary/aromatic N) is 2. The number of hydrogen-bond donors (Lipinski definition) is 3. The molecular weight excluding hydrogens is 266 g/mol. The zero-order valence-corrected chi connectivity index (χ0v) is 12.2. The molecule has 0 bridgehead atoms. The van der Waals surface area contributed by atoms with Crippen molar-refractivity contribution in [3.05, 3.63) is 42.5 Å². The lowest BCUT2D eigenvalue weighted by Gasteiger charge is -2.11. The van der Waals surface area contributed by atoms with Gasteiger partial charge >= 0.3 is 0 Å². The minimum absolute atomic E-state index is 0.113. The number of amides is 1. The second-order valence-electron chi connectivity index (χ2n) is 4.82. The first kappa shape index (κ1) is 14.9. The molecule has 1 aromatic heterocycles. The van der Waals surface area contributed by atoms with Gasteiger partial charge in [0.15, 0.2) is 0 Å². The summed E-state index contributed by atoms with van der Waals surface area (Å²) in [5.41, 5.74) is 7.98. The Morgan fingerprint density at radius 2 is 2.24 bits per heavy atom. The SMILES string of the molecule is CNC(=O)c1ccc(N)c(NCCCCn2ccnc2)c1. The van der Waals surface area contributed by atoms with Crippen molar-refractivity contribution >= 4 is 17.3 Å². The Morgan fingerprint density at radius 1 is 1.38 bits per heavy atom. The molecule has 1 amide bonds. The third kappa shape index (κ3) is 4.24. The number of nitrogens with one attached hydrogen (secondary N) is 2. The maximum absolute atomic E-state index is 11.6. The van der Waals surface area contributed by atoms with E-state index in [0.717, 1.165) is 31.6 Å². The van der Waals surface area contributed by atoms with E-state index in [1.54, 1.807) is 31.4 Å². The number of nitrogens with two attached hydrogens (primary N) is 1. The molecule has 112 valence electrons. The summed E-state index contributed by atoms with van der Waals surface area (Å²) in [7, 11) is 1.61. The lowest BCUT2D eigenvalue weighted by molar-refractivity contribution is 0.0963. The maximum atomic E-state index is 11.6. The van der Waals surface area contributed by atoms with E-state index in [2.05, 4.69) is 20.2 Å². The summed E-state index contributed by atoms with van der Waals surface area (Å²) in [6.45, 7) is 1.77. The monoisotopic (exact) mass is 287 g/mol. The van der Waals surface area contributed by atoms with Gasteiger partial charge in [-0.2, -0.15) is 0 Å². The molecular formula is C15H21N5O. The minimum Gasteiger partial charge on any atom is -0.397 e. The fourth-order valence-corrected chi connectivity index (χ4v) is 2.06. The predicted octanol–water partition coefficient (Wildman–Crippen LogP) is 1.72. The van der Waals surface area contributed by atoms with Gasteiger partial charge < -0.3 is 20.9 Å². The van der Waals surface area contributed by atoms with Gasteiger partial charge in [0.05, 0.1) is 17.7 Å². The van der Waals surface area contributed by atoms with Crippen LogP contribution in [0.5, 0.6) is 0 Å². The smallest absolute Gasteiger partial charge is 0.251 e. The standard InChI is InChI=1S/C15H21N5O/c1-17-15(21)12-4-5-13(16)14(10-12)19-6-2-3-8-20-9-7-18-11-20/h4-5,7,9-11,19H,2-3,6,8,16H2,1H3,(H,17,21). The second-order valence-corrected chi connectivity index (χ2v) is 4.82. The number of carbonyl (C=O) groups is 1. The average Bonchev–Trinajstić information content (AvgIpc) is 3.01. The summed E-state index contributed by atoms with van der Waals surface area (Å²) in [6.07, 6.45) is 7.62. The van der Waals surface area contributed by atoms with E-state index < -0.39 is 0 Å². The van der Waals surface area contributed by atoms with Gasteiger partial charge in [-0.3, -0.25) is 4.79 Å². The number of carbonyl (C=O) groups excluding carboxylic acids is 1. The Morgan fingerprint density at radius 3 is 2.95 bits per heavy atom. The number of rotatable bonds is 7. The quantitative estimate of drug-likeness (QED) is 0.534. The second kappa shape index (κ2) is 7.33. The van der Waals surface area contributed by atoms with Crippen LogP contribution in [0, 0.1) is 0 Å². The summed E-state index contributed by atoms with van der Waals surface area (Å²) in [5.74, 6) is -0.113. The van der Waals surface area contributed by atoms with E-state index in [9.17, 15) is 4.79 Å². The molecule has 6 nitrogen and oxygen atoms in total. The van der Waals surface area contributed by atoms with Crippen molar-refractivity contribution in [2.75, 3.05) is 24.6 Å². The fourth-order valence-electron chi connectivity index (χ4n) is 2.06. The van der Waals surface area contributed by atoms with Gasteiger partial charge in [-0.05, 0) is 31.0 Å². The number of imidazole rings is 1. The molecule has 2 aromatic rings. The molecule has 2 rings (SSSR count). The fraction of sp³-hybridized carbons (Fsp3) is 0.333. The Balaban J connectivity index is 1.80. The van der Waals surface area contributed by atoms with Gasteiger partial charge in [0.1, 0.15) is 0 Å². The first-order valence-electron chi connectivity index (χ1n) is 7.02. The zero-order valence-electron chi connectivity index (χ0n) is 12.2. The van der Waals surface area contributed by atoms with Crippen molar-refractivity contribution in [2.45, 2.75) is 19.4 Å². The van der Waals surface area contributed by atoms with Gasteiger partial charge in [-0.25, -0.2) is 4.98 Å². The van der Waals surface area contributed by atoms with Crippen molar-refractivity contribution in [1.82, 2.24) is 14.9 Å².